The summed E-state index contributed by atoms with van der Waals surface area (Å²) in [6, 6.07) is 8.17. The highest BCUT2D eigenvalue weighted by Crippen LogP contribution is 2.26. The highest BCUT2D eigenvalue weighted by Gasteiger charge is 2.27. The van der Waals surface area contributed by atoms with E-state index in [2.05, 4.69) is 39.4 Å². The van der Waals surface area contributed by atoms with Gasteiger partial charge in [0.15, 0.2) is 0 Å². The lowest BCUT2D eigenvalue weighted by atomic mass is 9.96. The molecular formula is C22H26N4O2S. The van der Waals surface area contributed by atoms with E-state index in [0.717, 1.165) is 41.1 Å². The molecule has 152 valence electrons. The van der Waals surface area contributed by atoms with Crippen molar-refractivity contribution >= 4 is 22.9 Å². The number of nitrogens with one attached hydrogen (secondary N) is 1. The van der Waals surface area contributed by atoms with E-state index >= 15 is 0 Å². The van der Waals surface area contributed by atoms with Crippen LogP contribution in [0.3, 0.4) is 0 Å². The van der Waals surface area contributed by atoms with E-state index in [1.54, 1.807) is 11.3 Å². The summed E-state index contributed by atoms with van der Waals surface area (Å²) in [5.41, 5.74) is 4.37. The molecule has 0 radical (unpaired) electrons. The number of piperidine rings is 1. The van der Waals surface area contributed by atoms with Gasteiger partial charge in [-0.15, -0.1) is 11.3 Å². The lowest BCUT2D eigenvalue weighted by molar-refractivity contribution is -0.121. The maximum absolute atomic E-state index is 12.9. The van der Waals surface area contributed by atoms with E-state index < -0.39 is 0 Å². The first-order valence-corrected chi connectivity index (χ1v) is 10.8. The molecule has 1 amide bonds. The Bertz CT molecular complexity index is 973. The minimum absolute atomic E-state index is 0.0384. The van der Waals surface area contributed by atoms with Crippen LogP contribution in [0, 0.1) is 26.7 Å². The van der Waals surface area contributed by atoms with Crippen LogP contribution in [0.1, 0.15) is 35.4 Å². The highest BCUT2D eigenvalue weighted by atomic mass is 32.1. The first kappa shape index (κ1) is 19.8. The molecule has 1 fully saturated rings. The molecule has 1 N–H and O–H groups in total. The smallest absolute Gasteiger partial charge is 0.241 e. The molecular weight excluding hydrogens is 384 g/mol. The highest BCUT2D eigenvalue weighted by molar-refractivity contribution is 7.13. The number of benzene rings is 1. The van der Waals surface area contributed by atoms with Crippen LogP contribution in [0.15, 0.2) is 34.2 Å². The third-order valence-electron chi connectivity index (χ3n) is 5.37. The van der Waals surface area contributed by atoms with Crippen molar-refractivity contribution in [3.05, 3.63) is 52.2 Å². The van der Waals surface area contributed by atoms with Gasteiger partial charge in [-0.25, -0.2) is 0 Å². The van der Waals surface area contributed by atoms with Crippen molar-refractivity contribution in [1.82, 2.24) is 15.0 Å². The van der Waals surface area contributed by atoms with Crippen LogP contribution >= 0.6 is 11.3 Å². The van der Waals surface area contributed by atoms with Gasteiger partial charge in [-0.3, -0.25) is 9.69 Å². The van der Waals surface area contributed by atoms with Crippen LogP contribution < -0.4 is 5.32 Å². The van der Waals surface area contributed by atoms with Crippen LogP contribution in [-0.4, -0.2) is 34.0 Å². The van der Waals surface area contributed by atoms with Gasteiger partial charge in [-0.05, 0) is 62.7 Å². The second kappa shape index (κ2) is 8.47. The number of aryl methyl sites for hydroxylation is 3. The molecule has 29 heavy (non-hydrogen) atoms. The average Bonchev–Trinajstić information content (AvgIpc) is 3.36. The number of aromatic nitrogens is 2. The molecule has 6 nitrogen and oxygen atoms in total. The molecule has 1 atom stereocenters. The fourth-order valence-corrected chi connectivity index (χ4v) is 4.68. The zero-order chi connectivity index (χ0) is 20.4. The Kier molecular flexibility index (Phi) is 5.78. The van der Waals surface area contributed by atoms with Gasteiger partial charge in [0.2, 0.25) is 17.6 Å². The predicted octanol–water partition coefficient (Wildman–Crippen LogP) is 4.57. The number of carbonyl (C=O) groups excluding carboxylic acids is 1. The Labute approximate surface area is 174 Å². The van der Waals surface area contributed by atoms with Gasteiger partial charge >= 0.3 is 0 Å². The monoisotopic (exact) mass is 410 g/mol. The van der Waals surface area contributed by atoms with Crippen LogP contribution in [0.5, 0.6) is 0 Å². The molecule has 1 saturated heterocycles. The maximum atomic E-state index is 12.9. The van der Waals surface area contributed by atoms with Gasteiger partial charge in [0.1, 0.15) is 0 Å². The zero-order valence-electron chi connectivity index (χ0n) is 17.1. The SMILES string of the molecule is Cc1cc(C)c(NC(=O)C2CCCN(Cc3nc(-c4cccs4)no3)C2)c(C)c1. The fourth-order valence-electron chi connectivity index (χ4n) is 4.03. The van der Waals surface area contributed by atoms with Gasteiger partial charge in [0.25, 0.3) is 0 Å². The Hall–Kier alpha value is -2.51. The number of hydrogen-bond acceptors (Lipinski definition) is 6. The molecule has 3 aromatic rings. The lowest BCUT2D eigenvalue weighted by Gasteiger charge is -2.31. The normalized spacial score (nSPS) is 17.4. The van der Waals surface area contributed by atoms with E-state index in [0.29, 0.717) is 24.8 Å². The summed E-state index contributed by atoms with van der Waals surface area (Å²) in [6.45, 7) is 8.37. The third-order valence-corrected chi connectivity index (χ3v) is 6.24. The molecule has 1 aliphatic heterocycles. The maximum Gasteiger partial charge on any atom is 0.241 e. The van der Waals surface area contributed by atoms with Gasteiger partial charge in [-0.2, -0.15) is 4.98 Å². The van der Waals surface area contributed by atoms with Gasteiger partial charge in [0.05, 0.1) is 17.3 Å². The van der Waals surface area contributed by atoms with Crippen LogP contribution in [-0.2, 0) is 11.3 Å². The Morgan fingerprint density at radius 2 is 2.10 bits per heavy atom. The van der Waals surface area contributed by atoms with E-state index in [9.17, 15) is 4.79 Å². The molecule has 3 heterocycles. The summed E-state index contributed by atoms with van der Waals surface area (Å²) in [7, 11) is 0. The number of hydrogen-bond donors (Lipinski definition) is 1. The summed E-state index contributed by atoms with van der Waals surface area (Å²) < 4.78 is 5.43. The first-order chi connectivity index (χ1) is 14.0. The number of rotatable bonds is 5. The second-order valence-corrected chi connectivity index (χ2v) is 8.77. The van der Waals surface area contributed by atoms with E-state index in [1.165, 1.54) is 5.56 Å². The Balaban J connectivity index is 1.39. The number of thiophene rings is 1. The van der Waals surface area contributed by atoms with Crippen molar-refractivity contribution in [1.29, 1.82) is 0 Å². The van der Waals surface area contributed by atoms with Gasteiger partial charge < -0.3 is 9.84 Å². The molecule has 0 aliphatic carbocycles. The Morgan fingerprint density at radius 1 is 1.31 bits per heavy atom. The fraction of sp³-hybridized carbons (Fsp3) is 0.409. The number of anilines is 1. The van der Waals surface area contributed by atoms with Crippen molar-refractivity contribution in [2.75, 3.05) is 18.4 Å². The molecule has 1 aliphatic rings. The summed E-state index contributed by atoms with van der Waals surface area (Å²) >= 11 is 1.59. The summed E-state index contributed by atoms with van der Waals surface area (Å²) in [5.74, 6) is 1.28. The van der Waals surface area contributed by atoms with E-state index in [4.69, 9.17) is 4.52 Å². The summed E-state index contributed by atoms with van der Waals surface area (Å²) in [4.78, 5) is 20.7. The molecule has 0 spiro atoms. The van der Waals surface area contributed by atoms with Crippen molar-refractivity contribution in [2.24, 2.45) is 5.92 Å². The number of amides is 1. The van der Waals surface area contributed by atoms with Gasteiger partial charge in [0, 0.05) is 12.2 Å². The molecule has 7 heteroatoms. The molecule has 0 bridgehead atoms. The lowest BCUT2D eigenvalue weighted by Crippen LogP contribution is -2.40. The van der Waals surface area contributed by atoms with Crippen molar-refractivity contribution in [3.63, 3.8) is 0 Å². The zero-order valence-corrected chi connectivity index (χ0v) is 17.9. The predicted molar refractivity (Wildman–Crippen MR) is 115 cm³/mol. The number of likely N-dealkylation sites (tertiary alicyclic amines) is 1. The summed E-state index contributed by atoms with van der Waals surface area (Å²) in [5, 5.41) is 9.24. The first-order valence-electron chi connectivity index (χ1n) is 9.97. The minimum atomic E-state index is -0.0384. The number of carbonyl (C=O) groups is 1. The minimum Gasteiger partial charge on any atom is -0.338 e. The van der Waals surface area contributed by atoms with Crippen LogP contribution in [0.2, 0.25) is 0 Å². The molecule has 0 saturated carbocycles. The largest absolute Gasteiger partial charge is 0.338 e. The van der Waals surface area contributed by atoms with Crippen molar-refractivity contribution in [3.8, 4) is 10.7 Å². The average molecular weight is 411 g/mol. The van der Waals surface area contributed by atoms with Crippen LogP contribution in [0.25, 0.3) is 10.7 Å². The standard InChI is InChI=1S/C22H26N4O2S/c1-14-10-15(2)20(16(3)11-14)24-22(27)17-6-4-8-26(12-17)13-19-23-21(25-28-19)18-7-5-9-29-18/h5,7,9-11,17H,4,6,8,12-13H2,1-3H3,(H,24,27). The summed E-state index contributed by atoms with van der Waals surface area (Å²) in [6.07, 6.45) is 1.88. The van der Waals surface area contributed by atoms with E-state index in [1.807, 2.05) is 31.4 Å². The molecule has 4 rings (SSSR count). The van der Waals surface area contributed by atoms with Crippen LogP contribution in [0.4, 0.5) is 5.69 Å². The molecule has 1 unspecified atom stereocenters. The Morgan fingerprint density at radius 3 is 2.83 bits per heavy atom. The quantitative estimate of drug-likeness (QED) is 0.667. The molecule has 1 aromatic carbocycles. The molecule has 2 aromatic heterocycles. The van der Waals surface area contributed by atoms with E-state index in [-0.39, 0.29) is 11.8 Å². The number of nitrogens with zero attached hydrogens (tertiary/aromatic N) is 3. The second-order valence-electron chi connectivity index (χ2n) is 7.83. The van der Waals surface area contributed by atoms with Gasteiger partial charge in [-0.1, -0.05) is 28.9 Å². The third kappa shape index (κ3) is 4.57. The van der Waals surface area contributed by atoms with Crippen molar-refractivity contribution in [2.45, 2.75) is 40.2 Å². The van der Waals surface area contributed by atoms with Crippen molar-refractivity contribution < 1.29 is 9.32 Å². The topological polar surface area (TPSA) is 71.3 Å².